The maximum Gasteiger partial charge on any atom is 0.309 e. The first-order valence-electron chi connectivity index (χ1n) is 5.90. The van der Waals surface area contributed by atoms with E-state index >= 15 is 0 Å². The molecule has 19 heavy (non-hydrogen) atoms. The van der Waals surface area contributed by atoms with Crippen molar-refractivity contribution in [2.75, 3.05) is 20.7 Å². The van der Waals surface area contributed by atoms with Crippen LogP contribution >= 0.6 is 0 Å². The van der Waals surface area contributed by atoms with Crippen LogP contribution in [0.25, 0.3) is 0 Å². The van der Waals surface area contributed by atoms with E-state index in [1.54, 1.807) is 31.2 Å². The molecular formula is C13H19NO4S. The molecule has 0 unspecified atom stereocenters. The molecule has 0 bridgehead atoms. The fourth-order valence-corrected chi connectivity index (χ4v) is 2.91. The number of esters is 1. The highest BCUT2D eigenvalue weighted by Gasteiger charge is 2.25. The van der Waals surface area contributed by atoms with Gasteiger partial charge < -0.3 is 4.74 Å². The summed E-state index contributed by atoms with van der Waals surface area (Å²) in [6.07, 6.45) is 0. The molecule has 1 aromatic rings. The van der Waals surface area contributed by atoms with Crippen LogP contribution < -0.4 is 0 Å². The summed E-state index contributed by atoms with van der Waals surface area (Å²) in [5.74, 6) is -0.929. The molecule has 106 valence electrons. The zero-order chi connectivity index (χ0) is 14.6. The van der Waals surface area contributed by atoms with Crippen molar-refractivity contribution in [2.45, 2.75) is 18.7 Å². The minimum absolute atomic E-state index is 0.0862. The lowest BCUT2D eigenvalue weighted by Gasteiger charge is -2.20. The SMILES string of the molecule is COC(=O)[C@@H](C)CN(C)S(=O)(=O)c1ccc(C)cc1. The zero-order valence-electron chi connectivity index (χ0n) is 11.6. The second-order valence-electron chi connectivity index (χ2n) is 4.52. The number of benzene rings is 1. The minimum Gasteiger partial charge on any atom is -0.469 e. The fraction of sp³-hybridized carbons (Fsp3) is 0.462. The van der Waals surface area contributed by atoms with Crippen LogP contribution in [0.15, 0.2) is 29.2 Å². The van der Waals surface area contributed by atoms with E-state index < -0.39 is 21.9 Å². The Bertz CT molecular complexity index is 536. The minimum atomic E-state index is -3.57. The second-order valence-corrected chi connectivity index (χ2v) is 6.57. The van der Waals surface area contributed by atoms with Gasteiger partial charge in [0, 0.05) is 13.6 Å². The molecule has 0 saturated carbocycles. The number of carbonyl (C=O) groups excluding carboxylic acids is 1. The van der Waals surface area contributed by atoms with Crippen LogP contribution in [0, 0.1) is 12.8 Å². The number of hydrogen-bond acceptors (Lipinski definition) is 4. The monoisotopic (exact) mass is 285 g/mol. The van der Waals surface area contributed by atoms with Crippen molar-refractivity contribution < 1.29 is 17.9 Å². The molecule has 0 aromatic heterocycles. The number of methoxy groups -OCH3 is 1. The van der Waals surface area contributed by atoms with Gasteiger partial charge in [-0.2, -0.15) is 0 Å². The van der Waals surface area contributed by atoms with Gasteiger partial charge in [0.05, 0.1) is 17.9 Å². The molecule has 1 atom stereocenters. The largest absolute Gasteiger partial charge is 0.469 e. The van der Waals surface area contributed by atoms with E-state index in [4.69, 9.17) is 0 Å². The van der Waals surface area contributed by atoms with Crippen molar-refractivity contribution in [1.82, 2.24) is 4.31 Å². The van der Waals surface area contributed by atoms with Gasteiger partial charge in [-0.05, 0) is 19.1 Å². The van der Waals surface area contributed by atoms with Crippen LogP contribution in [0.5, 0.6) is 0 Å². The van der Waals surface area contributed by atoms with Crippen LogP contribution in [0.1, 0.15) is 12.5 Å². The first-order chi connectivity index (χ1) is 8.78. The Morgan fingerprint density at radius 3 is 2.32 bits per heavy atom. The summed E-state index contributed by atoms with van der Waals surface area (Å²) in [5.41, 5.74) is 0.990. The maximum absolute atomic E-state index is 12.3. The molecule has 5 nitrogen and oxygen atoms in total. The van der Waals surface area contributed by atoms with E-state index in [-0.39, 0.29) is 11.4 Å². The first kappa shape index (κ1) is 15.7. The predicted octanol–water partition coefficient (Wildman–Crippen LogP) is 1.42. The van der Waals surface area contributed by atoms with Crippen molar-refractivity contribution >= 4 is 16.0 Å². The molecule has 0 aliphatic rings. The summed E-state index contributed by atoms with van der Waals surface area (Å²) in [5, 5.41) is 0. The Morgan fingerprint density at radius 1 is 1.32 bits per heavy atom. The molecule has 0 spiro atoms. The lowest BCUT2D eigenvalue weighted by atomic mass is 10.2. The molecule has 0 saturated heterocycles. The van der Waals surface area contributed by atoms with Gasteiger partial charge in [-0.15, -0.1) is 0 Å². The Kier molecular flexibility index (Phi) is 5.08. The quantitative estimate of drug-likeness (QED) is 0.768. The van der Waals surface area contributed by atoms with Crippen LogP contribution in [0.4, 0.5) is 0 Å². The fourth-order valence-electron chi connectivity index (χ4n) is 1.65. The molecule has 0 fully saturated rings. The van der Waals surface area contributed by atoms with E-state index in [1.807, 2.05) is 6.92 Å². The number of hydrogen-bond donors (Lipinski definition) is 0. The predicted molar refractivity (Wildman–Crippen MR) is 72.2 cm³/mol. The Labute approximate surface area is 114 Å². The van der Waals surface area contributed by atoms with Crippen molar-refractivity contribution in [3.8, 4) is 0 Å². The normalized spacial score (nSPS) is 13.3. The summed E-state index contributed by atoms with van der Waals surface area (Å²) < 4.78 is 30.3. The van der Waals surface area contributed by atoms with Crippen molar-refractivity contribution in [2.24, 2.45) is 5.92 Å². The molecule has 0 radical (unpaired) electrons. The summed E-state index contributed by atoms with van der Waals surface area (Å²) in [6.45, 7) is 3.61. The average molecular weight is 285 g/mol. The molecular weight excluding hydrogens is 266 g/mol. The topological polar surface area (TPSA) is 63.7 Å². The molecule has 0 aliphatic carbocycles. The Balaban J connectivity index is 2.88. The smallest absolute Gasteiger partial charge is 0.309 e. The van der Waals surface area contributed by atoms with Gasteiger partial charge in [-0.1, -0.05) is 24.6 Å². The summed E-state index contributed by atoms with van der Waals surface area (Å²) in [4.78, 5) is 11.5. The van der Waals surface area contributed by atoms with Gasteiger partial charge in [-0.25, -0.2) is 12.7 Å². The van der Waals surface area contributed by atoms with E-state index in [2.05, 4.69) is 4.74 Å². The third kappa shape index (κ3) is 3.78. The molecule has 1 aromatic carbocycles. The van der Waals surface area contributed by atoms with Gasteiger partial charge in [-0.3, -0.25) is 4.79 Å². The molecule has 0 heterocycles. The van der Waals surface area contributed by atoms with E-state index in [1.165, 1.54) is 18.5 Å². The highest BCUT2D eigenvalue weighted by atomic mass is 32.2. The van der Waals surface area contributed by atoms with Crippen molar-refractivity contribution in [3.05, 3.63) is 29.8 Å². The van der Waals surface area contributed by atoms with Crippen LogP contribution in [-0.4, -0.2) is 39.4 Å². The van der Waals surface area contributed by atoms with E-state index in [0.717, 1.165) is 5.56 Å². The van der Waals surface area contributed by atoms with Gasteiger partial charge in [0.2, 0.25) is 10.0 Å². The van der Waals surface area contributed by atoms with Crippen LogP contribution in [0.3, 0.4) is 0 Å². The summed E-state index contributed by atoms with van der Waals surface area (Å²) in [6, 6.07) is 6.60. The number of nitrogens with zero attached hydrogens (tertiary/aromatic N) is 1. The maximum atomic E-state index is 12.3. The van der Waals surface area contributed by atoms with Gasteiger partial charge in [0.25, 0.3) is 0 Å². The Morgan fingerprint density at radius 2 is 1.84 bits per heavy atom. The highest BCUT2D eigenvalue weighted by Crippen LogP contribution is 2.16. The molecule has 1 rings (SSSR count). The third-order valence-electron chi connectivity index (χ3n) is 2.86. The van der Waals surface area contributed by atoms with Crippen molar-refractivity contribution in [1.29, 1.82) is 0 Å². The third-order valence-corrected chi connectivity index (χ3v) is 4.70. The Hall–Kier alpha value is -1.40. The van der Waals surface area contributed by atoms with Crippen LogP contribution in [-0.2, 0) is 19.6 Å². The number of aryl methyl sites for hydroxylation is 1. The highest BCUT2D eigenvalue weighted by molar-refractivity contribution is 7.89. The second kappa shape index (κ2) is 6.16. The standard InChI is InChI=1S/C13H19NO4S/c1-10-5-7-12(8-6-10)19(16,17)14(3)9-11(2)13(15)18-4/h5-8,11H,9H2,1-4H3/t11-/m0/s1. The van der Waals surface area contributed by atoms with Gasteiger partial charge in [0.15, 0.2) is 0 Å². The van der Waals surface area contributed by atoms with Crippen LogP contribution in [0.2, 0.25) is 0 Å². The lowest BCUT2D eigenvalue weighted by molar-refractivity contribution is -0.144. The van der Waals surface area contributed by atoms with Gasteiger partial charge in [0.1, 0.15) is 0 Å². The summed E-state index contributed by atoms with van der Waals surface area (Å²) in [7, 11) is -0.829. The first-order valence-corrected chi connectivity index (χ1v) is 7.34. The summed E-state index contributed by atoms with van der Waals surface area (Å²) >= 11 is 0. The molecule has 6 heteroatoms. The number of carbonyl (C=O) groups is 1. The van der Waals surface area contributed by atoms with E-state index in [9.17, 15) is 13.2 Å². The molecule has 0 N–H and O–H groups in total. The van der Waals surface area contributed by atoms with Gasteiger partial charge >= 0.3 is 5.97 Å². The number of ether oxygens (including phenoxy) is 1. The number of sulfonamides is 1. The van der Waals surface area contributed by atoms with Crippen molar-refractivity contribution in [3.63, 3.8) is 0 Å². The molecule has 0 amide bonds. The average Bonchev–Trinajstić information content (AvgIpc) is 2.38. The zero-order valence-corrected chi connectivity index (χ0v) is 12.4. The van der Waals surface area contributed by atoms with E-state index in [0.29, 0.717) is 0 Å². The number of rotatable bonds is 5. The molecule has 0 aliphatic heterocycles. The lowest BCUT2D eigenvalue weighted by Crippen LogP contribution is -2.34.